The molecule has 0 aromatic rings. The first kappa shape index (κ1) is 9.63. The van der Waals surface area contributed by atoms with Gasteiger partial charge in [0, 0.05) is 0 Å². The van der Waals surface area contributed by atoms with Crippen LogP contribution in [0.2, 0.25) is 4.82 Å². The summed E-state index contributed by atoms with van der Waals surface area (Å²) in [7, 11) is 0. The summed E-state index contributed by atoms with van der Waals surface area (Å²) in [5.41, 5.74) is 1.27. The van der Waals surface area contributed by atoms with Gasteiger partial charge in [-0.3, -0.25) is 0 Å². The zero-order chi connectivity index (χ0) is 8.97. The maximum absolute atomic E-state index is 9.34. The van der Waals surface area contributed by atoms with Crippen molar-refractivity contribution in [2.45, 2.75) is 25.1 Å². The van der Waals surface area contributed by atoms with Crippen molar-refractivity contribution < 1.29 is 5.11 Å². The second-order valence-electron chi connectivity index (χ2n) is 3.06. The van der Waals surface area contributed by atoms with Crippen molar-refractivity contribution in [2.75, 3.05) is 0 Å². The van der Waals surface area contributed by atoms with E-state index in [1.165, 1.54) is 5.57 Å². The third-order valence-corrected chi connectivity index (χ3v) is 3.64. The summed E-state index contributed by atoms with van der Waals surface area (Å²) >= 11 is 0.566. The van der Waals surface area contributed by atoms with E-state index < -0.39 is 0 Å². The van der Waals surface area contributed by atoms with E-state index in [1.807, 2.05) is 12.2 Å². The predicted octanol–water partition coefficient (Wildman–Crippen LogP) is 2.80. The Bertz CT molecular complexity index is 238. The van der Waals surface area contributed by atoms with Crippen LogP contribution in [0.4, 0.5) is 0 Å². The van der Waals surface area contributed by atoms with Crippen LogP contribution in [0.5, 0.6) is 0 Å². The topological polar surface area (TPSA) is 20.2 Å². The second kappa shape index (κ2) is 4.54. The molecule has 1 unspecified atom stereocenters. The van der Waals surface area contributed by atoms with E-state index >= 15 is 0 Å². The van der Waals surface area contributed by atoms with Gasteiger partial charge < -0.3 is 0 Å². The summed E-state index contributed by atoms with van der Waals surface area (Å²) < 4.78 is 0. The zero-order valence-corrected chi connectivity index (χ0v) is 9.16. The molecule has 66 valence electrons. The standard InChI is InChI=1S/C10H14OSe/c1-8-6-9(2)12-5-3-4-10(11)7-8/h3-5,7,9,11H,6H2,1-2H3/b5-3+,8-7+,10-4+. The van der Waals surface area contributed by atoms with Crippen LogP contribution in [0.25, 0.3) is 0 Å². The molecule has 0 spiro atoms. The summed E-state index contributed by atoms with van der Waals surface area (Å²) in [5, 5.41) is 9.34. The quantitative estimate of drug-likeness (QED) is 0.633. The molecular weight excluding hydrogens is 215 g/mol. The van der Waals surface area contributed by atoms with Gasteiger partial charge in [-0.2, -0.15) is 0 Å². The Morgan fingerprint density at radius 2 is 2.33 bits per heavy atom. The van der Waals surface area contributed by atoms with Crippen molar-refractivity contribution in [3.8, 4) is 0 Å². The van der Waals surface area contributed by atoms with Crippen molar-refractivity contribution in [2.24, 2.45) is 0 Å². The van der Waals surface area contributed by atoms with Gasteiger partial charge in [0.1, 0.15) is 0 Å². The van der Waals surface area contributed by atoms with Crippen LogP contribution in [-0.4, -0.2) is 20.1 Å². The van der Waals surface area contributed by atoms with Crippen LogP contribution >= 0.6 is 0 Å². The van der Waals surface area contributed by atoms with Gasteiger partial charge in [-0.25, -0.2) is 0 Å². The van der Waals surface area contributed by atoms with Crippen molar-refractivity contribution >= 4 is 15.0 Å². The van der Waals surface area contributed by atoms with Crippen LogP contribution in [0.15, 0.2) is 34.5 Å². The van der Waals surface area contributed by atoms with E-state index in [1.54, 1.807) is 6.08 Å². The molecule has 2 heteroatoms. The van der Waals surface area contributed by atoms with Gasteiger partial charge in [0.25, 0.3) is 0 Å². The Kier molecular flexibility index (Phi) is 3.64. The first-order valence-electron chi connectivity index (χ1n) is 4.07. The maximum atomic E-state index is 9.34. The number of hydrogen-bond acceptors (Lipinski definition) is 1. The number of aliphatic hydroxyl groups excluding tert-OH is 1. The van der Waals surface area contributed by atoms with Crippen molar-refractivity contribution in [3.63, 3.8) is 0 Å². The monoisotopic (exact) mass is 230 g/mol. The molecule has 0 aromatic carbocycles. The third-order valence-electron chi connectivity index (χ3n) is 1.66. The van der Waals surface area contributed by atoms with Crippen LogP contribution in [0, 0.1) is 0 Å². The number of allylic oxidation sites excluding steroid dienone is 4. The first-order chi connectivity index (χ1) is 5.68. The van der Waals surface area contributed by atoms with Crippen LogP contribution in [-0.2, 0) is 0 Å². The zero-order valence-electron chi connectivity index (χ0n) is 7.45. The summed E-state index contributed by atoms with van der Waals surface area (Å²) in [6.45, 7) is 4.33. The van der Waals surface area contributed by atoms with Gasteiger partial charge in [0.05, 0.1) is 0 Å². The molecule has 1 N–H and O–H groups in total. The molecule has 1 atom stereocenters. The van der Waals surface area contributed by atoms with E-state index in [0.717, 1.165) is 11.2 Å². The Balaban J connectivity index is 2.78. The van der Waals surface area contributed by atoms with Gasteiger partial charge >= 0.3 is 79.7 Å². The molecule has 0 amide bonds. The molecule has 0 fully saturated rings. The van der Waals surface area contributed by atoms with Gasteiger partial charge in [-0.05, 0) is 0 Å². The van der Waals surface area contributed by atoms with E-state index in [0.29, 0.717) is 20.7 Å². The molecule has 0 aliphatic carbocycles. The van der Waals surface area contributed by atoms with Crippen molar-refractivity contribution in [1.82, 2.24) is 0 Å². The number of aliphatic hydroxyl groups is 1. The number of hydrogen-bond donors (Lipinski definition) is 1. The van der Waals surface area contributed by atoms with E-state index in [2.05, 4.69) is 18.8 Å². The summed E-state index contributed by atoms with van der Waals surface area (Å²) in [6.07, 6.45) is 6.65. The average molecular weight is 229 g/mol. The average Bonchev–Trinajstić information content (AvgIpc) is 2.01. The Morgan fingerprint density at radius 1 is 1.58 bits per heavy atom. The molecule has 0 radical (unpaired) electrons. The first-order valence-corrected chi connectivity index (χ1v) is 6.04. The molecule has 0 bridgehead atoms. The Labute approximate surface area is 80.0 Å². The minimum absolute atomic E-state index is 0.369. The van der Waals surface area contributed by atoms with Crippen LogP contribution in [0.3, 0.4) is 0 Å². The molecule has 0 aromatic heterocycles. The van der Waals surface area contributed by atoms with Crippen LogP contribution in [0.1, 0.15) is 20.3 Å². The van der Waals surface area contributed by atoms with E-state index in [4.69, 9.17) is 0 Å². The molecule has 1 nitrogen and oxygen atoms in total. The van der Waals surface area contributed by atoms with E-state index in [-0.39, 0.29) is 0 Å². The molecule has 0 saturated carbocycles. The Morgan fingerprint density at radius 3 is 3.08 bits per heavy atom. The van der Waals surface area contributed by atoms with Gasteiger partial charge in [-0.15, -0.1) is 0 Å². The molecular formula is C10H14OSe. The SMILES string of the molecule is C\C1=C/C(O)=C\C=C\[Se]C(C)C1. The normalized spacial score (nSPS) is 36.3. The summed E-state index contributed by atoms with van der Waals surface area (Å²) in [6, 6.07) is 0. The summed E-state index contributed by atoms with van der Waals surface area (Å²) in [5.74, 6) is 0.369. The van der Waals surface area contributed by atoms with Crippen LogP contribution < -0.4 is 0 Å². The molecule has 0 saturated heterocycles. The Hall–Kier alpha value is -0.461. The number of rotatable bonds is 0. The molecule has 1 aliphatic heterocycles. The fraction of sp³-hybridized carbons (Fsp3) is 0.400. The molecule has 1 rings (SSSR count). The predicted molar refractivity (Wildman–Crippen MR) is 53.4 cm³/mol. The van der Waals surface area contributed by atoms with Gasteiger partial charge in [0.15, 0.2) is 0 Å². The molecule has 1 aliphatic rings. The molecule has 1 heterocycles. The second-order valence-corrected chi connectivity index (χ2v) is 5.89. The van der Waals surface area contributed by atoms with E-state index in [9.17, 15) is 5.11 Å². The summed E-state index contributed by atoms with van der Waals surface area (Å²) in [4.78, 5) is 2.91. The molecule has 12 heavy (non-hydrogen) atoms. The van der Waals surface area contributed by atoms with Gasteiger partial charge in [0.2, 0.25) is 0 Å². The minimum atomic E-state index is 0.369. The fourth-order valence-electron chi connectivity index (χ4n) is 1.18. The third kappa shape index (κ3) is 3.29. The van der Waals surface area contributed by atoms with Gasteiger partial charge in [-0.1, -0.05) is 0 Å². The van der Waals surface area contributed by atoms with Crippen molar-refractivity contribution in [1.29, 1.82) is 0 Å². The fourth-order valence-corrected chi connectivity index (χ4v) is 2.85. The van der Waals surface area contributed by atoms with Crippen molar-refractivity contribution in [3.05, 3.63) is 34.5 Å².